The van der Waals surface area contributed by atoms with Gasteiger partial charge in [0.2, 0.25) is 0 Å². The van der Waals surface area contributed by atoms with Gasteiger partial charge in [-0.05, 0) is 5.92 Å². The van der Waals surface area contributed by atoms with Crippen molar-refractivity contribution in [2.45, 2.75) is 13.8 Å². The summed E-state index contributed by atoms with van der Waals surface area (Å²) in [6.07, 6.45) is 0. The average Bonchev–Trinajstić information content (AvgIpc) is 2.00. The second-order valence-electron chi connectivity index (χ2n) is 2.27. The first-order valence-corrected chi connectivity index (χ1v) is 4.97. The van der Waals surface area contributed by atoms with Crippen LogP contribution in [0.1, 0.15) is 13.8 Å². The summed E-state index contributed by atoms with van der Waals surface area (Å²) in [5, 5.41) is 0. The minimum Gasteiger partial charge on any atom is -0.285 e. The first-order chi connectivity index (χ1) is 5.04. The van der Waals surface area contributed by atoms with Crippen molar-refractivity contribution in [1.82, 2.24) is 0 Å². The normalized spacial score (nSPS) is 12.5. The van der Waals surface area contributed by atoms with E-state index in [2.05, 4.69) is 12.7 Å². The van der Waals surface area contributed by atoms with Gasteiger partial charge in [0.1, 0.15) is 0 Å². The molecule has 0 aromatic rings. The van der Waals surface area contributed by atoms with Crippen LogP contribution in [0.25, 0.3) is 0 Å². The molecule has 0 unspecified atom stereocenters. The van der Waals surface area contributed by atoms with Crippen molar-refractivity contribution in [3.05, 3.63) is 0 Å². The van der Waals surface area contributed by atoms with Crippen LogP contribution in [0.4, 0.5) is 0 Å². The fraction of sp³-hybridized carbons (Fsp3) is 1.00. The Hall–Kier alpha value is 0.690. The van der Waals surface area contributed by atoms with Crippen molar-refractivity contribution >= 4 is 31.6 Å². The van der Waals surface area contributed by atoms with E-state index in [1.54, 1.807) is 0 Å². The lowest BCUT2D eigenvalue weighted by Gasteiger charge is -2.10. The largest absolute Gasteiger partial charge is 0.507 e. The molecule has 0 N–H and O–H groups in total. The lowest BCUT2D eigenvalue weighted by Crippen LogP contribution is -2.00. The van der Waals surface area contributed by atoms with Gasteiger partial charge in [0, 0.05) is 0 Å². The van der Waals surface area contributed by atoms with Gasteiger partial charge in [-0.15, -0.1) is 0 Å². The fourth-order valence-electron chi connectivity index (χ4n) is 0.291. The topological polar surface area (TPSA) is 44.8 Å². The summed E-state index contributed by atoms with van der Waals surface area (Å²) in [7, 11) is -3.70. The van der Waals surface area contributed by atoms with E-state index in [1.807, 2.05) is 13.8 Å². The highest BCUT2D eigenvalue weighted by molar-refractivity contribution is 7.50. The standard InChI is InChI=1S/C4H9Cl2O4P/c1-4(2)3-8-11(7,9-5)10-6/h4H,3H2,1-2H3. The van der Waals surface area contributed by atoms with Crippen LogP contribution >= 0.6 is 31.6 Å². The molecule has 0 aliphatic rings. The zero-order valence-electron chi connectivity index (χ0n) is 6.12. The zero-order valence-corrected chi connectivity index (χ0v) is 8.53. The fourth-order valence-corrected chi connectivity index (χ4v) is 1.37. The summed E-state index contributed by atoms with van der Waals surface area (Å²) in [5.74, 6) is 0.196. The van der Waals surface area contributed by atoms with E-state index in [9.17, 15) is 4.57 Å². The van der Waals surface area contributed by atoms with Gasteiger partial charge in [0.05, 0.1) is 30.3 Å². The highest BCUT2D eigenvalue weighted by Gasteiger charge is 2.26. The molecule has 0 radical (unpaired) electrons. The monoisotopic (exact) mass is 222 g/mol. The molecular formula is C4H9Cl2O4P. The molecule has 0 atom stereocenters. The van der Waals surface area contributed by atoms with Crippen LogP contribution in [0, 0.1) is 5.92 Å². The van der Waals surface area contributed by atoms with Gasteiger partial charge in [-0.3, -0.25) is 4.52 Å². The molecular weight excluding hydrogens is 214 g/mol. The molecule has 11 heavy (non-hydrogen) atoms. The molecule has 0 amide bonds. The second-order valence-corrected chi connectivity index (χ2v) is 4.53. The molecule has 0 rings (SSSR count). The van der Waals surface area contributed by atoms with Crippen molar-refractivity contribution in [3.63, 3.8) is 0 Å². The number of rotatable bonds is 5. The maximum absolute atomic E-state index is 10.9. The SMILES string of the molecule is CC(C)COP(=O)(OCl)OCl. The molecule has 0 aliphatic carbocycles. The van der Waals surface area contributed by atoms with Crippen LogP contribution in [0.15, 0.2) is 0 Å². The van der Waals surface area contributed by atoms with E-state index < -0.39 is 7.82 Å². The quantitative estimate of drug-likeness (QED) is 0.671. The minimum absolute atomic E-state index is 0.196. The third kappa shape index (κ3) is 5.01. The van der Waals surface area contributed by atoms with Gasteiger partial charge in [-0.25, -0.2) is 4.57 Å². The maximum Gasteiger partial charge on any atom is 0.507 e. The van der Waals surface area contributed by atoms with Gasteiger partial charge in [-0.1, -0.05) is 13.8 Å². The minimum atomic E-state index is -3.70. The van der Waals surface area contributed by atoms with Crippen molar-refractivity contribution in [1.29, 1.82) is 0 Å². The molecule has 0 spiro atoms. The van der Waals surface area contributed by atoms with Gasteiger partial charge < -0.3 is 0 Å². The third-order valence-corrected chi connectivity index (χ3v) is 2.55. The summed E-state index contributed by atoms with van der Waals surface area (Å²) in [6.45, 7) is 3.94. The molecule has 4 nitrogen and oxygen atoms in total. The summed E-state index contributed by atoms with van der Waals surface area (Å²) in [6, 6.07) is 0. The molecule has 0 saturated carbocycles. The lowest BCUT2D eigenvalue weighted by molar-refractivity contribution is 0.196. The van der Waals surface area contributed by atoms with Gasteiger partial charge in [0.15, 0.2) is 0 Å². The molecule has 0 fully saturated rings. The van der Waals surface area contributed by atoms with Crippen LogP contribution < -0.4 is 0 Å². The average molecular weight is 223 g/mol. The number of hydrogen-bond donors (Lipinski definition) is 0. The van der Waals surface area contributed by atoms with E-state index in [-0.39, 0.29) is 12.5 Å². The van der Waals surface area contributed by atoms with Crippen molar-refractivity contribution < 1.29 is 17.2 Å². The van der Waals surface area contributed by atoms with E-state index in [1.165, 1.54) is 0 Å². The summed E-state index contributed by atoms with van der Waals surface area (Å²) in [5.41, 5.74) is 0. The molecule has 0 saturated heterocycles. The Balaban J connectivity index is 3.79. The molecule has 0 bridgehead atoms. The second kappa shape index (κ2) is 5.36. The first kappa shape index (κ1) is 11.7. The van der Waals surface area contributed by atoms with Gasteiger partial charge in [-0.2, -0.15) is 8.15 Å². The first-order valence-electron chi connectivity index (χ1n) is 2.89. The molecule has 68 valence electrons. The molecule has 7 heteroatoms. The summed E-state index contributed by atoms with van der Waals surface area (Å²) in [4.78, 5) is 0. The van der Waals surface area contributed by atoms with Crippen molar-refractivity contribution in [2.24, 2.45) is 5.92 Å². The highest BCUT2D eigenvalue weighted by atomic mass is 35.5. The van der Waals surface area contributed by atoms with Gasteiger partial charge in [0.25, 0.3) is 0 Å². The lowest BCUT2D eigenvalue weighted by atomic mass is 10.2. The van der Waals surface area contributed by atoms with Crippen LogP contribution in [-0.4, -0.2) is 6.61 Å². The van der Waals surface area contributed by atoms with Crippen LogP contribution in [0.5, 0.6) is 0 Å². The van der Waals surface area contributed by atoms with E-state index in [0.717, 1.165) is 0 Å². The molecule has 0 aromatic heterocycles. The number of hydrogen-bond acceptors (Lipinski definition) is 4. The Labute approximate surface area is 75.7 Å². The van der Waals surface area contributed by atoms with E-state index in [4.69, 9.17) is 23.7 Å². The maximum atomic E-state index is 10.9. The predicted octanol–water partition coefficient (Wildman–Crippen LogP) is 3.11. The van der Waals surface area contributed by atoms with Crippen LogP contribution in [-0.2, 0) is 17.2 Å². The predicted molar refractivity (Wildman–Crippen MR) is 42.3 cm³/mol. The smallest absolute Gasteiger partial charge is 0.285 e. The molecule has 0 aliphatic heterocycles. The van der Waals surface area contributed by atoms with Crippen molar-refractivity contribution in [3.8, 4) is 0 Å². The number of halogens is 2. The zero-order chi connectivity index (χ0) is 8.91. The third-order valence-electron chi connectivity index (χ3n) is 0.735. The molecule has 0 heterocycles. The van der Waals surface area contributed by atoms with Crippen LogP contribution in [0.2, 0.25) is 0 Å². The van der Waals surface area contributed by atoms with E-state index in [0.29, 0.717) is 0 Å². The summed E-state index contributed by atoms with van der Waals surface area (Å²) >= 11 is 9.59. The Bertz CT molecular complexity index is 143. The highest BCUT2D eigenvalue weighted by Crippen LogP contribution is 2.51. The number of phosphoric acid groups is 1. The molecule has 0 aromatic carbocycles. The Morgan fingerprint density at radius 2 is 1.82 bits per heavy atom. The van der Waals surface area contributed by atoms with Crippen LogP contribution in [0.3, 0.4) is 0 Å². The Morgan fingerprint density at radius 3 is 2.09 bits per heavy atom. The van der Waals surface area contributed by atoms with E-state index >= 15 is 0 Å². The van der Waals surface area contributed by atoms with Crippen molar-refractivity contribution in [2.75, 3.05) is 6.61 Å². The summed E-state index contributed by atoms with van der Waals surface area (Å²) < 4.78 is 23.3. The van der Waals surface area contributed by atoms with Gasteiger partial charge >= 0.3 is 7.82 Å². The Kier molecular flexibility index (Phi) is 5.69. The Morgan fingerprint density at radius 1 is 1.36 bits per heavy atom.